The van der Waals surface area contributed by atoms with Gasteiger partial charge < -0.3 is 19.3 Å². The normalized spacial score (nSPS) is 17.5. The van der Waals surface area contributed by atoms with E-state index in [9.17, 15) is 19.5 Å². The number of rotatable bonds is 4. The maximum absolute atomic E-state index is 12.1. The van der Waals surface area contributed by atoms with Crippen molar-refractivity contribution < 1.29 is 19.1 Å². The average molecular weight is 370 g/mol. The first kappa shape index (κ1) is 17.6. The van der Waals surface area contributed by atoms with Crippen LogP contribution in [0.5, 0.6) is 5.75 Å². The summed E-state index contributed by atoms with van der Waals surface area (Å²) in [6.07, 6.45) is 2.61. The quantitative estimate of drug-likeness (QED) is 0.832. The molecule has 4 rings (SSSR count). The fourth-order valence-electron chi connectivity index (χ4n) is 3.97. The van der Waals surface area contributed by atoms with Gasteiger partial charge in [0.2, 0.25) is 11.8 Å². The minimum atomic E-state index is -0.490. The van der Waals surface area contributed by atoms with E-state index in [2.05, 4.69) is 0 Å². The van der Waals surface area contributed by atoms with Gasteiger partial charge >= 0.3 is 5.63 Å². The molecule has 7 nitrogen and oxygen atoms in total. The highest BCUT2D eigenvalue weighted by molar-refractivity contribution is 5.87. The number of carbonyl (C=O) groups is 2. The van der Waals surface area contributed by atoms with E-state index >= 15 is 0 Å². The number of fused-ring (bicyclic) bond motifs is 1. The summed E-state index contributed by atoms with van der Waals surface area (Å²) >= 11 is 0. The fourth-order valence-corrected chi connectivity index (χ4v) is 3.97. The summed E-state index contributed by atoms with van der Waals surface area (Å²) < 4.78 is 5.41. The van der Waals surface area contributed by atoms with Gasteiger partial charge in [-0.05, 0) is 31.4 Å². The minimum absolute atomic E-state index is 0.00403. The summed E-state index contributed by atoms with van der Waals surface area (Å²) in [5, 5.41) is 11.6. The van der Waals surface area contributed by atoms with Gasteiger partial charge in [0.05, 0.1) is 12.1 Å². The predicted octanol–water partition coefficient (Wildman–Crippen LogP) is 2.05. The summed E-state index contributed by atoms with van der Waals surface area (Å²) in [5.74, 6) is 0.0930. The number of nitrogens with zero attached hydrogens (tertiary/aromatic N) is 2. The first-order chi connectivity index (χ1) is 12.9. The number of benzene rings is 1. The van der Waals surface area contributed by atoms with Crippen molar-refractivity contribution in [1.82, 2.24) is 9.80 Å². The molecule has 0 saturated carbocycles. The van der Waals surface area contributed by atoms with Gasteiger partial charge in [-0.1, -0.05) is 0 Å². The molecule has 2 saturated heterocycles. The topological polar surface area (TPSA) is 91.1 Å². The van der Waals surface area contributed by atoms with Crippen molar-refractivity contribution in [2.75, 3.05) is 13.1 Å². The summed E-state index contributed by atoms with van der Waals surface area (Å²) in [4.78, 5) is 39.4. The second-order valence-corrected chi connectivity index (χ2v) is 7.33. The Morgan fingerprint density at radius 2 is 1.63 bits per heavy atom. The average Bonchev–Trinajstić information content (AvgIpc) is 3.21. The number of hydrogen-bond donors (Lipinski definition) is 1. The third-order valence-corrected chi connectivity index (χ3v) is 5.44. The zero-order valence-corrected chi connectivity index (χ0v) is 15.3. The molecular weight excluding hydrogens is 348 g/mol. The van der Waals surface area contributed by atoms with Gasteiger partial charge in [-0.3, -0.25) is 9.59 Å². The van der Waals surface area contributed by atoms with Gasteiger partial charge in [0.15, 0.2) is 0 Å². The van der Waals surface area contributed by atoms with E-state index in [4.69, 9.17) is 4.42 Å². The molecule has 2 aromatic rings. The second kappa shape index (κ2) is 6.72. The zero-order chi connectivity index (χ0) is 19.1. The molecule has 2 amide bonds. The number of hydrogen-bond acceptors (Lipinski definition) is 5. The zero-order valence-electron chi connectivity index (χ0n) is 15.3. The van der Waals surface area contributed by atoms with Crippen LogP contribution in [0.2, 0.25) is 0 Å². The molecule has 0 aliphatic carbocycles. The maximum atomic E-state index is 12.1. The lowest BCUT2D eigenvalue weighted by atomic mass is 10.0. The van der Waals surface area contributed by atoms with Crippen LogP contribution < -0.4 is 5.63 Å². The molecule has 2 fully saturated rings. The van der Waals surface area contributed by atoms with Crippen LogP contribution in [0.1, 0.15) is 42.4 Å². The highest BCUT2D eigenvalue weighted by atomic mass is 16.4. The predicted molar refractivity (Wildman–Crippen MR) is 98.2 cm³/mol. The van der Waals surface area contributed by atoms with Crippen molar-refractivity contribution in [3.8, 4) is 5.75 Å². The second-order valence-electron chi connectivity index (χ2n) is 7.33. The molecule has 1 aromatic carbocycles. The molecule has 0 spiro atoms. The Morgan fingerprint density at radius 1 is 1.00 bits per heavy atom. The van der Waals surface area contributed by atoms with Crippen molar-refractivity contribution in [1.29, 1.82) is 0 Å². The van der Waals surface area contributed by atoms with Crippen molar-refractivity contribution in [3.05, 3.63) is 39.2 Å². The molecular formula is C20H22N2O5. The fraction of sp³-hybridized carbons (Fsp3) is 0.450. The Bertz CT molecular complexity index is 994. The summed E-state index contributed by atoms with van der Waals surface area (Å²) in [6, 6.07) is 3.19. The van der Waals surface area contributed by atoms with Crippen LogP contribution in [-0.4, -0.2) is 39.8 Å². The molecule has 142 valence electrons. The van der Waals surface area contributed by atoms with E-state index in [1.165, 1.54) is 6.07 Å². The van der Waals surface area contributed by atoms with Crippen molar-refractivity contribution in [2.24, 2.45) is 0 Å². The van der Waals surface area contributed by atoms with Gasteiger partial charge in [0, 0.05) is 49.5 Å². The standard InChI is InChI=1S/C20H22N2O5/c1-12-8-18(25)27-20-14(12)9-13(10-21-6-2-4-16(21)23)19(26)15(20)11-22-7-3-5-17(22)24/h8-9,26H,2-7,10-11H2,1H3. The summed E-state index contributed by atoms with van der Waals surface area (Å²) in [7, 11) is 0. The van der Waals surface area contributed by atoms with Crippen LogP contribution in [0.3, 0.4) is 0 Å². The van der Waals surface area contributed by atoms with Gasteiger partial charge in [0.25, 0.3) is 0 Å². The van der Waals surface area contributed by atoms with E-state index in [-0.39, 0.29) is 24.1 Å². The molecule has 0 atom stereocenters. The first-order valence-electron chi connectivity index (χ1n) is 9.28. The largest absolute Gasteiger partial charge is 0.507 e. The number of phenolic OH excluding ortho intramolecular Hbond substituents is 1. The minimum Gasteiger partial charge on any atom is -0.507 e. The van der Waals surface area contributed by atoms with Crippen LogP contribution in [-0.2, 0) is 22.7 Å². The van der Waals surface area contributed by atoms with E-state index in [1.54, 1.807) is 15.9 Å². The van der Waals surface area contributed by atoms with Gasteiger partial charge in [-0.2, -0.15) is 0 Å². The number of aromatic hydroxyl groups is 1. The Kier molecular flexibility index (Phi) is 4.37. The lowest BCUT2D eigenvalue weighted by molar-refractivity contribution is -0.128. The number of phenols is 1. The molecule has 0 unspecified atom stereocenters. The van der Waals surface area contributed by atoms with E-state index < -0.39 is 5.63 Å². The van der Waals surface area contributed by atoms with Crippen molar-refractivity contribution in [2.45, 2.75) is 45.7 Å². The first-order valence-corrected chi connectivity index (χ1v) is 9.28. The number of likely N-dealkylation sites (tertiary alicyclic amines) is 2. The van der Waals surface area contributed by atoms with E-state index in [1.807, 2.05) is 6.92 Å². The molecule has 27 heavy (non-hydrogen) atoms. The number of amides is 2. The molecule has 0 radical (unpaired) electrons. The van der Waals surface area contributed by atoms with Crippen molar-refractivity contribution in [3.63, 3.8) is 0 Å². The van der Waals surface area contributed by atoms with Crippen LogP contribution in [0.15, 0.2) is 21.3 Å². The van der Waals surface area contributed by atoms with Crippen molar-refractivity contribution >= 4 is 22.8 Å². The lowest BCUT2D eigenvalue weighted by Gasteiger charge is -2.21. The summed E-state index contributed by atoms with van der Waals surface area (Å²) in [5.41, 5.74) is 1.61. The third kappa shape index (κ3) is 3.18. The SMILES string of the molecule is Cc1cc(=O)oc2c(CN3CCCC3=O)c(O)c(CN3CCCC3=O)cc12. The smallest absolute Gasteiger partial charge is 0.336 e. The Hall–Kier alpha value is -2.83. The van der Waals surface area contributed by atoms with Crippen LogP contribution >= 0.6 is 0 Å². The lowest BCUT2D eigenvalue weighted by Crippen LogP contribution is -2.25. The van der Waals surface area contributed by atoms with Crippen LogP contribution in [0.4, 0.5) is 0 Å². The molecule has 2 aliphatic heterocycles. The van der Waals surface area contributed by atoms with Gasteiger partial charge in [0.1, 0.15) is 11.3 Å². The molecule has 3 heterocycles. The Morgan fingerprint density at radius 3 is 2.22 bits per heavy atom. The molecule has 2 aliphatic rings. The molecule has 0 bridgehead atoms. The van der Waals surface area contributed by atoms with E-state index in [0.29, 0.717) is 49.2 Å². The van der Waals surface area contributed by atoms with Crippen LogP contribution in [0.25, 0.3) is 11.0 Å². The number of carbonyl (C=O) groups excluding carboxylic acids is 2. The Balaban J connectivity index is 1.84. The highest BCUT2D eigenvalue weighted by Gasteiger charge is 2.27. The molecule has 1 N–H and O–H groups in total. The van der Waals surface area contributed by atoms with E-state index in [0.717, 1.165) is 23.8 Å². The Labute approximate surface area is 156 Å². The highest BCUT2D eigenvalue weighted by Crippen LogP contribution is 2.35. The third-order valence-electron chi connectivity index (χ3n) is 5.44. The van der Waals surface area contributed by atoms with Crippen LogP contribution in [0, 0.1) is 6.92 Å². The van der Waals surface area contributed by atoms with Gasteiger partial charge in [-0.25, -0.2) is 4.79 Å². The molecule has 7 heteroatoms. The number of aryl methyl sites for hydroxylation is 1. The summed E-state index contributed by atoms with van der Waals surface area (Å²) in [6.45, 7) is 3.59. The maximum Gasteiger partial charge on any atom is 0.336 e. The monoisotopic (exact) mass is 370 g/mol. The van der Waals surface area contributed by atoms with Gasteiger partial charge in [-0.15, -0.1) is 0 Å². The molecule has 1 aromatic heterocycles.